The largest absolute Gasteiger partial charge is 0.456 e. The second-order valence-corrected chi connectivity index (χ2v) is 4.19. The van der Waals surface area contributed by atoms with E-state index < -0.39 is 5.82 Å². The molecular weight excluding hydrogens is 257 g/mol. The highest BCUT2D eigenvalue weighted by Crippen LogP contribution is 2.28. The van der Waals surface area contributed by atoms with E-state index in [2.05, 4.69) is 4.98 Å². The fourth-order valence-electron chi connectivity index (χ4n) is 1.79. The third-order valence-corrected chi connectivity index (χ3v) is 2.69. The van der Waals surface area contributed by atoms with Gasteiger partial charge in [0.1, 0.15) is 35.0 Å². The highest BCUT2D eigenvalue weighted by atomic mass is 19.1. The Morgan fingerprint density at radius 2 is 1.90 bits per heavy atom. The average Bonchev–Trinajstić information content (AvgIpc) is 2.38. The van der Waals surface area contributed by atoms with E-state index in [0.29, 0.717) is 22.7 Å². The molecule has 1 aromatic carbocycles. The fraction of sp³-hybridized carbons (Fsp3) is 0.133. The van der Waals surface area contributed by atoms with Crippen LogP contribution in [-0.4, -0.2) is 4.98 Å². The van der Waals surface area contributed by atoms with Crippen LogP contribution in [0.1, 0.15) is 22.5 Å². The first-order chi connectivity index (χ1) is 9.55. The van der Waals surface area contributed by atoms with Gasteiger partial charge in [0.05, 0.1) is 11.3 Å². The number of pyridine rings is 1. The van der Waals surface area contributed by atoms with Crippen LogP contribution < -0.4 is 4.74 Å². The number of halogens is 1. The number of hydrogen-bond acceptors (Lipinski definition) is 4. The van der Waals surface area contributed by atoms with Crippen LogP contribution in [-0.2, 0) is 0 Å². The van der Waals surface area contributed by atoms with Crippen molar-refractivity contribution in [2.24, 2.45) is 0 Å². The third-order valence-electron chi connectivity index (χ3n) is 2.69. The summed E-state index contributed by atoms with van der Waals surface area (Å²) >= 11 is 0. The molecule has 20 heavy (non-hydrogen) atoms. The Balaban J connectivity index is 2.43. The molecule has 0 bridgehead atoms. The summed E-state index contributed by atoms with van der Waals surface area (Å²) in [7, 11) is 0. The lowest BCUT2D eigenvalue weighted by molar-refractivity contribution is 0.473. The molecule has 0 amide bonds. The topological polar surface area (TPSA) is 69.7 Å². The Bertz CT molecular complexity index is 757. The Morgan fingerprint density at radius 3 is 2.50 bits per heavy atom. The van der Waals surface area contributed by atoms with E-state index in [9.17, 15) is 4.39 Å². The van der Waals surface area contributed by atoms with Crippen LogP contribution in [0.25, 0.3) is 0 Å². The predicted molar refractivity (Wildman–Crippen MR) is 69.6 cm³/mol. The molecule has 0 saturated heterocycles. The quantitative estimate of drug-likeness (QED) is 0.836. The van der Waals surface area contributed by atoms with Crippen molar-refractivity contribution in [3.8, 4) is 23.6 Å². The molecule has 0 saturated carbocycles. The normalized spacial score (nSPS) is 9.65. The molecule has 0 N–H and O–H groups in total. The standard InChI is InChI=1S/C15H10FN3O/c1-9-5-15(13(8-18)10(2)19-9)20-12-4-3-11(7-17)14(16)6-12/h3-6H,1-2H3. The fourth-order valence-corrected chi connectivity index (χ4v) is 1.79. The molecule has 5 heteroatoms. The smallest absolute Gasteiger partial charge is 0.148 e. The zero-order chi connectivity index (χ0) is 14.7. The molecule has 2 aromatic rings. The third kappa shape index (κ3) is 2.57. The summed E-state index contributed by atoms with van der Waals surface area (Å²) in [5.41, 5.74) is 1.50. The van der Waals surface area contributed by atoms with Crippen LogP contribution in [0.4, 0.5) is 4.39 Å². The Morgan fingerprint density at radius 1 is 1.15 bits per heavy atom. The molecule has 0 atom stereocenters. The van der Waals surface area contributed by atoms with E-state index >= 15 is 0 Å². The first-order valence-electron chi connectivity index (χ1n) is 5.81. The summed E-state index contributed by atoms with van der Waals surface area (Å²) in [5, 5.41) is 17.8. The maximum atomic E-state index is 13.5. The van der Waals surface area contributed by atoms with Gasteiger partial charge in [-0.2, -0.15) is 10.5 Å². The Kier molecular flexibility index (Phi) is 3.63. The van der Waals surface area contributed by atoms with Crippen molar-refractivity contribution in [3.05, 3.63) is 52.6 Å². The van der Waals surface area contributed by atoms with Gasteiger partial charge >= 0.3 is 0 Å². The maximum absolute atomic E-state index is 13.5. The number of nitrogens with zero attached hydrogens (tertiary/aromatic N) is 3. The summed E-state index contributed by atoms with van der Waals surface area (Å²) < 4.78 is 19.0. The Hall–Kier alpha value is -2.92. The molecule has 4 nitrogen and oxygen atoms in total. The van der Waals surface area contributed by atoms with Gasteiger partial charge in [-0.3, -0.25) is 4.98 Å². The maximum Gasteiger partial charge on any atom is 0.148 e. The van der Waals surface area contributed by atoms with E-state index in [4.69, 9.17) is 15.3 Å². The van der Waals surface area contributed by atoms with E-state index in [1.165, 1.54) is 12.1 Å². The van der Waals surface area contributed by atoms with E-state index in [-0.39, 0.29) is 11.3 Å². The van der Waals surface area contributed by atoms with Crippen LogP contribution in [0.15, 0.2) is 24.3 Å². The van der Waals surface area contributed by atoms with Crippen LogP contribution in [0.5, 0.6) is 11.5 Å². The summed E-state index contributed by atoms with van der Waals surface area (Å²) in [5.74, 6) is -0.115. The van der Waals surface area contributed by atoms with Crippen LogP contribution in [0, 0.1) is 42.3 Å². The number of hydrogen-bond donors (Lipinski definition) is 0. The number of aryl methyl sites for hydroxylation is 2. The van der Waals surface area contributed by atoms with Gasteiger partial charge in [0.15, 0.2) is 0 Å². The lowest BCUT2D eigenvalue weighted by Crippen LogP contribution is -1.97. The van der Waals surface area contributed by atoms with Crippen molar-refractivity contribution in [2.75, 3.05) is 0 Å². The zero-order valence-electron chi connectivity index (χ0n) is 10.9. The monoisotopic (exact) mass is 267 g/mol. The van der Waals surface area contributed by atoms with Gasteiger partial charge in [0, 0.05) is 17.8 Å². The molecule has 0 fully saturated rings. The second kappa shape index (κ2) is 5.38. The summed E-state index contributed by atoms with van der Waals surface area (Å²) in [6, 6.07) is 9.29. The van der Waals surface area contributed by atoms with Gasteiger partial charge in [-0.05, 0) is 26.0 Å². The number of aromatic nitrogens is 1. The second-order valence-electron chi connectivity index (χ2n) is 4.19. The van der Waals surface area contributed by atoms with Crippen LogP contribution in [0.3, 0.4) is 0 Å². The van der Waals surface area contributed by atoms with Gasteiger partial charge in [0.25, 0.3) is 0 Å². The summed E-state index contributed by atoms with van der Waals surface area (Å²) in [6.45, 7) is 3.48. The van der Waals surface area contributed by atoms with Crippen molar-refractivity contribution in [2.45, 2.75) is 13.8 Å². The lowest BCUT2D eigenvalue weighted by Gasteiger charge is -2.10. The van der Waals surface area contributed by atoms with Gasteiger partial charge in [0.2, 0.25) is 0 Å². The minimum absolute atomic E-state index is 0.0556. The first kappa shape index (κ1) is 13.5. The van der Waals surface area contributed by atoms with Crippen molar-refractivity contribution >= 4 is 0 Å². The predicted octanol–water partition coefficient (Wildman–Crippen LogP) is 3.37. The highest BCUT2D eigenvalue weighted by Gasteiger charge is 2.11. The van der Waals surface area contributed by atoms with E-state index in [1.54, 1.807) is 26.0 Å². The summed E-state index contributed by atoms with van der Waals surface area (Å²) in [6.07, 6.45) is 0. The zero-order valence-corrected chi connectivity index (χ0v) is 10.9. The average molecular weight is 267 g/mol. The first-order valence-corrected chi connectivity index (χ1v) is 5.81. The molecule has 0 aliphatic carbocycles. The van der Waals surface area contributed by atoms with Crippen molar-refractivity contribution < 1.29 is 9.13 Å². The molecule has 0 aliphatic rings. The summed E-state index contributed by atoms with van der Waals surface area (Å²) in [4.78, 5) is 4.17. The number of benzene rings is 1. The molecule has 0 aliphatic heterocycles. The van der Waals surface area contributed by atoms with Crippen LogP contribution in [0.2, 0.25) is 0 Å². The lowest BCUT2D eigenvalue weighted by atomic mass is 10.1. The minimum Gasteiger partial charge on any atom is -0.456 e. The van der Waals surface area contributed by atoms with Crippen molar-refractivity contribution in [1.82, 2.24) is 4.98 Å². The van der Waals surface area contributed by atoms with Crippen LogP contribution >= 0.6 is 0 Å². The molecule has 2 rings (SSSR count). The number of nitriles is 2. The molecule has 1 heterocycles. The van der Waals surface area contributed by atoms with Gasteiger partial charge in [-0.25, -0.2) is 4.39 Å². The van der Waals surface area contributed by atoms with Gasteiger partial charge in [-0.1, -0.05) is 0 Å². The SMILES string of the molecule is Cc1cc(Oc2ccc(C#N)c(F)c2)c(C#N)c(C)n1. The molecule has 0 unspecified atom stereocenters. The minimum atomic E-state index is -0.661. The number of ether oxygens (including phenoxy) is 1. The highest BCUT2D eigenvalue weighted by molar-refractivity contribution is 5.49. The molecule has 1 aromatic heterocycles. The molecule has 0 radical (unpaired) electrons. The van der Waals surface area contributed by atoms with Gasteiger partial charge in [-0.15, -0.1) is 0 Å². The molecule has 98 valence electrons. The molecule has 0 spiro atoms. The number of rotatable bonds is 2. The van der Waals surface area contributed by atoms with E-state index in [0.717, 1.165) is 6.07 Å². The molecular formula is C15H10FN3O. The van der Waals surface area contributed by atoms with Crippen molar-refractivity contribution in [3.63, 3.8) is 0 Å². The van der Waals surface area contributed by atoms with Crippen molar-refractivity contribution in [1.29, 1.82) is 10.5 Å². The van der Waals surface area contributed by atoms with E-state index in [1.807, 2.05) is 6.07 Å². The Labute approximate surface area is 115 Å². The van der Waals surface area contributed by atoms with Gasteiger partial charge < -0.3 is 4.74 Å².